The predicted octanol–water partition coefficient (Wildman–Crippen LogP) is 0.431. The molecule has 0 radical (unpaired) electrons. The minimum atomic E-state index is -0.473. The van der Waals surface area contributed by atoms with Crippen LogP contribution in [-0.2, 0) is 14.3 Å². The largest absolute Gasteiger partial charge is 0.464 e. The molecule has 5 nitrogen and oxygen atoms in total. The Bertz CT molecular complexity index is 268. The van der Waals surface area contributed by atoms with Crippen LogP contribution in [0.3, 0.4) is 0 Å². The summed E-state index contributed by atoms with van der Waals surface area (Å²) in [5.41, 5.74) is 4.93. The van der Waals surface area contributed by atoms with Gasteiger partial charge in [0.2, 0.25) is 5.91 Å². The minimum Gasteiger partial charge on any atom is -0.464 e. The highest BCUT2D eigenvalue weighted by molar-refractivity contribution is 5.77. The number of rotatable bonds is 6. The van der Waals surface area contributed by atoms with E-state index in [1.807, 2.05) is 0 Å². The predicted molar refractivity (Wildman–Crippen MR) is 64.1 cm³/mol. The lowest BCUT2D eigenvalue weighted by Gasteiger charge is -2.26. The number of nitrogens with two attached hydrogens (primary N) is 1. The number of esters is 1. The molecule has 0 aromatic rings. The van der Waals surface area contributed by atoms with E-state index in [1.165, 1.54) is 12.8 Å². The first kappa shape index (κ1) is 14.0. The molecule has 0 aromatic heterocycles. The van der Waals surface area contributed by atoms with E-state index >= 15 is 0 Å². The van der Waals surface area contributed by atoms with E-state index < -0.39 is 5.91 Å². The van der Waals surface area contributed by atoms with Crippen LogP contribution in [0.25, 0.3) is 0 Å². The van der Waals surface area contributed by atoms with Crippen LogP contribution in [0.4, 0.5) is 0 Å². The fourth-order valence-corrected chi connectivity index (χ4v) is 2.26. The zero-order valence-corrected chi connectivity index (χ0v) is 10.4. The third-order valence-electron chi connectivity index (χ3n) is 3.09. The van der Waals surface area contributed by atoms with E-state index in [0.29, 0.717) is 12.5 Å². The minimum absolute atomic E-state index is 0.00949. The molecule has 2 unspecified atom stereocenters. The van der Waals surface area contributed by atoms with Crippen LogP contribution < -0.4 is 11.1 Å². The number of nitrogens with one attached hydrogen (secondary N) is 1. The molecule has 1 aliphatic rings. The summed E-state index contributed by atoms with van der Waals surface area (Å²) < 4.78 is 5.16. The highest BCUT2D eigenvalue weighted by atomic mass is 16.5. The summed E-state index contributed by atoms with van der Waals surface area (Å²) in [4.78, 5) is 21.7. The summed E-state index contributed by atoms with van der Waals surface area (Å²) in [5.74, 6) is 0.447. The maximum absolute atomic E-state index is 11.3. The molecular formula is C12H22N2O3. The van der Waals surface area contributed by atoms with Crippen molar-refractivity contribution in [2.75, 3.05) is 19.7 Å². The van der Waals surface area contributed by atoms with Crippen molar-refractivity contribution in [1.29, 1.82) is 0 Å². The Labute approximate surface area is 102 Å². The average Bonchev–Trinajstić information content (AvgIpc) is 2.26. The van der Waals surface area contributed by atoms with E-state index in [0.717, 1.165) is 18.8 Å². The fourth-order valence-electron chi connectivity index (χ4n) is 2.26. The van der Waals surface area contributed by atoms with Crippen LogP contribution in [0.1, 0.15) is 32.6 Å². The number of carbonyl (C=O) groups excluding carboxylic acids is 2. The van der Waals surface area contributed by atoms with Crippen LogP contribution in [0.15, 0.2) is 0 Å². The Morgan fingerprint density at radius 2 is 2.12 bits per heavy atom. The highest BCUT2D eigenvalue weighted by Crippen LogP contribution is 2.28. The lowest BCUT2D eigenvalue weighted by atomic mass is 9.83. The molecule has 1 saturated carbocycles. The molecular weight excluding hydrogens is 220 g/mol. The summed E-state index contributed by atoms with van der Waals surface area (Å²) in [6.45, 7) is 2.80. The van der Waals surface area contributed by atoms with Gasteiger partial charge in [0, 0.05) is 0 Å². The van der Waals surface area contributed by atoms with Gasteiger partial charge in [-0.1, -0.05) is 19.8 Å². The molecule has 98 valence electrons. The topological polar surface area (TPSA) is 81.4 Å². The van der Waals surface area contributed by atoms with Crippen molar-refractivity contribution in [3.8, 4) is 0 Å². The normalized spacial score (nSPS) is 24.3. The summed E-state index contributed by atoms with van der Waals surface area (Å²) in [6, 6.07) is 0. The average molecular weight is 242 g/mol. The van der Waals surface area contributed by atoms with Crippen molar-refractivity contribution in [3.05, 3.63) is 0 Å². The maximum Gasteiger partial charge on any atom is 0.319 e. The van der Waals surface area contributed by atoms with Gasteiger partial charge in [0.15, 0.2) is 0 Å². The van der Waals surface area contributed by atoms with Gasteiger partial charge in [0.1, 0.15) is 0 Å². The van der Waals surface area contributed by atoms with E-state index in [9.17, 15) is 9.59 Å². The van der Waals surface area contributed by atoms with Gasteiger partial charge >= 0.3 is 5.97 Å². The monoisotopic (exact) mass is 242 g/mol. The van der Waals surface area contributed by atoms with Crippen LogP contribution >= 0.6 is 0 Å². The third-order valence-corrected chi connectivity index (χ3v) is 3.09. The van der Waals surface area contributed by atoms with Crippen LogP contribution in [-0.4, -0.2) is 31.6 Å². The van der Waals surface area contributed by atoms with E-state index in [2.05, 4.69) is 12.2 Å². The van der Waals surface area contributed by atoms with Crippen molar-refractivity contribution in [2.24, 2.45) is 17.6 Å². The molecule has 17 heavy (non-hydrogen) atoms. The number of ether oxygens (including phenoxy) is 1. The molecule has 0 aliphatic heterocycles. The first-order valence-electron chi connectivity index (χ1n) is 6.22. The molecule has 0 heterocycles. The van der Waals surface area contributed by atoms with Crippen LogP contribution in [0.2, 0.25) is 0 Å². The smallest absolute Gasteiger partial charge is 0.319 e. The summed E-state index contributed by atoms with van der Waals surface area (Å²) in [6.07, 6.45) is 4.79. The molecule has 0 aromatic carbocycles. The van der Waals surface area contributed by atoms with E-state index in [-0.39, 0.29) is 19.1 Å². The molecule has 5 heteroatoms. The van der Waals surface area contributed by atoms with Gasteiger partial charge in [-0.25, -0.2) is 0 Å². The number of hydrogen-bond acceptors (Lipinski definition) is 4. The van der Waals surface area contributed by atoms with Crippen molar-refractivity contribution < 1.29 is 14.3 Å². The molecule has 1 aliphatic carbocycles. The SMILES string of the molecule is CC1CCCC(COC(=O)CNCC(N)=O)C1. The van der Waals surface area contributed by atoms with Gasteiger partial charge in [-0.3, -0.25) is 14.9 Å². The molecule has 0 bridgehead atoms. The lowest BCUT2D eigenvalue weighted by Crippen LogP contribution is -2.33. The molecule has 2 atom stereocenters. The zero-order chi connectivity index (χ0) is 12.7. The molecule has 1 amide bonds. The lowest BCUT2D eigenvalue weighted by molar-refractivity contribution is -0.144. The first-order chi connectivity index (χ1) is 8.08. The van der Waals surface area contributed by atoms with Gasteiger partial charge in [-0.05, 0) is 24.7 Å². The Kier molecular flexibility index (Phi) is 5.97. The Balaban J connectivity index is 2.08. The van der Waals surface area contributed by atoms with Crippen molar-refractivity contribution in [3.63, 3.8) is 0 Å². The van der Waals surface area contributed by atoms with Gasteiger partial charge in [0.25, 0.3) is 0 Å². The summed E-state index contributed by atoms with van der Waals surface area (Å²) in [7, 11) is 0. The Hall–Kier alpha value is -1.10. The highest BCUT2D eigenvalue weighted by Gasteiger charge is 2.20. The first-order valence-corrected chi connectivity index (χ1v) is 6.22. The van der Waals surface area contributed by atoms with Crippen molar-refractivity contribution in [2.45, 2.75) is 32.6 Å². The van der Waals surface area contributed by atoms with Gasteiger partial charge in [-0.2, -0.15) is 0 Å². The van der Waals surface area contributed by atoms with E-state index in [1.54, 1.807) is 0 Å². The fraction of sp³-hybridized carbons (Fsp3) is 0.833. The standard InChI is InChI=1S/C12H22N2O3/c1-9-3-2-4-10(5-9)8-17-12(16)7-14-6-11(13)15/h9-10,14H,2-8H2,1H3,(H2,13,15). The second-order valence-corrected chi connectivity index (χ2v) is 4.89. The second-order valence-electron chi connectivity index (χ2n) is 4.89. The molecule has 1 rings (SSSR count). The van der Waals surface area contributed by atoms with E-state index in [4.69, 9.17) is 10.5 Å². The maximum atomic E-state index is 11.3. The van der Waals surface area contributed by atoms with Crippen LogP contribution in [0.5, 0.6) is 0 Å². The number of amides is 1. The summed E-state index contributed by atoms with van der Waals surface area (Å²) >= 11 is 0. The zero-order valence-electron chi connectivity index (χ0n) is 10.4. The van der Waals surface area contributed by atoms with Crippen molar-refractivity contribution >= 4 is 11.9 Å². The van der Waals surface area contributed by atoms with Crippen LogP contribution in [0, 0.1) is 11.8 Å². The molecule has 0 saturated heterocycles. The van der Waals surface area contributed by atoms with Crippen molar-refractivity contribution in [1.82, 2.24) is 5.32 Å². The van der Waals surface area contributed by atoms with Gasteiger partial charge in [-0.15, -0.1) is 0 Å². The summed E-state index contributed by atoms with van der Waals surface area (Å²) in [5, 5.41) is 2.63. The quantitative estimate of drug-likeness (QED) is 0.662. The third kappa shape index (κ3) is 6.26. The van der Waals surface area contributed by atoms with Gasteiger partial charge < -0.3 is 10.5 Å². The number of hydrogen-bond donors (Lipinski definition) is 2. The number of carbonyl (C=O) groups is 2. The number of primary amides is 1. The Morgan fingerprint density at radius 3 is 2.76 bits per heavy atom. The molecule has 3 N–H and O–H groups in total. The molecule has 1 fully saturated rings. The second kappa shape index (κ2) is 7.27. The van der Waals surface area contributed by atoms with Gasteiger partial charge in [0.05, 0.1) is 19.7 Å². The Morgan fingerprint density at radius 1 is 1.35 bits per heavy atom. The molecule has 0 spiro atoms.